The molecule has 146 valence electrons. The molecular formula is C19H28O6S. The summed E-state index contributed by atoms with van der Waals surface area (Å²) in [4.78, 5) is 12.5. The summed E-state index contributed by atoms with van der Waals surface area (Å²) >= 11 is 0. The number of ketones is 1. The first-order chi connectivity index (χ1) is 12.2. The zero-order valence-electron chi connectivity index (χ0n) is 15.2. The number of hydrogen-bond acceptors (Lipinski definition) is 5. The molecule has 4 rings (SSSR count). The number of aliphatic hydroxyl groups is 1. The van der Waals surface area contributed by atoms with E-state index in [4.69, 9.17) is 8.74 Å². The molecule has 0 heterocycles. The van der Waals surface area contributed by atoms with E-state index in [1.807, 2.05) is 0 Å². The highest BCUT2D eigenvalue weighted by atomic mass is 32.3. The van der Waals surface area contributed by atoms with Crippen molar-refractivity contribution in [2.24, 2.45) is 28.6 Å². The van der Waals surface area contributed by atoms with Crippen molar-refractivity contribution in [2.45, 2.75) is 64.4 Å². The van der Waals surface area contributed by atoms with Crippen molar-refractivity contribution in [1.29, 1.82) is 0 Å². The molecule has 0 aromatic heterocycles. The molecule has 0 unspecified atom stereocenters. The van der Waals surface area contributed by atoms with Crippen molar-refractivity contribution in [2.75, 3.05) is 6.61 Å². The molecule has 0 saturated heterocycles. The Hall–Kier alpha value is -0.760. The van der Waals surface area contributed by atoms with Crippen LogP contribution in [0.2, 0.25) is 0 Å². The molecule has 6 nitrogen and oxygen atoms in total. The summed E-state index contributed by atoms with van der Waals surface area (Å²) in [6, 6.07) is 0. The first-order valence-electron chi connectivity index (χ1n) is 9.68. The summed E-state index contributed by atoms with van der Waals surface area (Å²) in [5.74, 6) is 1.28. The molecule has 0 aromatic carbocycles. The fourth-order valence-corrected chi connectivity index (χ4v) is 7.02. The smallest absolute Gasteiger partial charge is 0.393 e. The van der Waals surface area contributed by atoms with Crippen LogP contribution in [0.1, 0.15) is 58.3 Å². The summed E-state index contributed by atoms with van der Waals surface area (Å²) in [6.45, 7) is 2.04. The van der Waals surface area contributed by atoms with Gasteiger partial charge in [0.05, 0.1) is 12.7 Å². The maximum Gasteiger partial charge on any atom is 0.397 e. The summed E-state index contributed by atoms with van der Waals surface area (Å²) in [5, 5.41) is 10.1. The third kappa shape index (κ3) is 2.79. The fourth-order valence-electron chi connectivity index (χ4n) is 6.66. The van der Waals surface area contributed by atoms with Crippen molar-refractivity contribution in [3.63, 3.8) is 0 Å². The molecule has 3 fully saturated rings. The molecule has 6 atom stereocenters. The lowest BCUT2D eigenvalue weighted by Crippen LogP contribution is -2.53. The Morgan fingerprint density at radius 2 is 2.00 bits per heavy atom. The molecule has 4 aliphatic carbocycles. The van der Waals surface area contributed by atoms with Gasteiger partial charge in [0.2, 0.25) is 0 Å². The molecule has 0 spiro atoms. The zero-order chi connectivity index (χ0) is 18.7. The van der Waals surface area contributed by atoms with Crippen LogP contribution in [0, 0.1) is 28.6 Å². The van der Waals surface area contributed by atoms with Crippen LogP contribution < -0.4 is 0 Å². The molecule has 4 aliphatic rings. The number of Topliss-reactive ketones (excluding diaryl/α,β-unsaturated/α-hetero) is 1. The van der Waals surface area contributed by atoms with Gasteiger partial charge in [0.25, 0.3) is 0 Å². The lowest BCUT2D eigenvalue weighted by molar-refractivity contribution is -0.132. The summed E-state index contributed by atoms with van der Waals surface area (Å²) in [7, 11) is -4.51. The van der Waals surface area contributed by atoms with E-state index in [1.54, 1.807) is 0 Å². The Balaban J connectivity index is 1.71. The van der Waals surface area contributed by atoms with Crippen molar-refractivity contribution in [3.05, 3.63) is 11.6 Å². The first kappa shape index (κ1) is 18.6. The highest BCUT2D eigenvalue weighted by molar-refractivity contribution is 7.80. The number of fused-ring (bicyclic) bond motifs is 5. The van der Waals surface area contributed by atoms with Crippen LogP contribution in [0.3, 0.4) is 0 Å². The largest absolute Gasteiger partial charge is 0.397 e. The molecule has 7 heteroatoms. The lowest BCUT2D eigenvalue weighted by atomic mass is 9.47. The Kier molecular flexibility index (Phi) is 4.38. The van der Waals surface area contributed by atoms with Crippen LogP contribution in [0.4, 0.5) is 0 Å². The monoisotopic (exact) mass is 384 g/mol. The molecule has 0 bridgehead atoms. The van der Waals surface area contributed by atoms with Gasteiger partial charge in [-0.15, -0.1) is 0 Å². The van der Waals surface area contributed by atoms with Crippen molar-refractivity contribution < 1.29 is 27.1 Å². The van der Waals surface area contributed by atoms with Gasteiger partial charge in [0.15, 0.2) is 0 Å². The molecule has 0 aromatic rings. The van der Waals surface area contributed by atoms with Crippen LogP contribution in [0.5, 0.6) is 0 Å². The van der Waals surface area contributed by atoms with Gasteiger partial charge >= 0.3 is 10.4 Å². The quantitative estimate of drug-likeness (QED) is 0.573. The van der Waals surface area contributed by atoms with E-state index in [0.29, 0.717) is 43.3 Å². The minimum atomic E-state index is -4.51. The van der Waals surface area contributed by atoms with Crippen LogP contribution in [-0.4, -0.2) is 36.6 Å². The van der Waals surface area contributed by atoms with E-state index < -0.39 is 21.9 Å². The molecule has 0 radical (unpaired) electrons. The van der Waals surface area contributed by atoms with E-state index in [-0.39, 0.29) is 17.9 Å². The third-order valence-electron chi connectivity index (χ3n) is 7.98. The second-order valence-corrected chi connectivity index (χ2v) is 10.1. The predicted molar refractivity (Wildman–Crippen MR) is 94.5 cm³/mol. The molecule has 3 saturated carbocycles. The highest BCUT2D eigenvalue weighted by Crippen LogP contribution is 2.64. The number of carbonyl (C=O) groups excluding carboxylic acids is 1. The Labute approximate surface area is 155 Å². The van der Waals surface area contributed by atoms with E-state index in [9.17, 15) is 18.3 Å². The molecule has 2 N–H and O–H groups in total. The Bertz CT molecular complexity index is 743. The van der Waals surface area contributed by atoms with Crippen molar-refractivity contribution in [1.82, 2.24) is 0 Å². The van der Waals surface area contributed by atoms with Gasteiger partial charge in [0.1, 0.15) is 5.78 Å². The topological polar surface area (TPSA) is 101 Å². The average molecular weight is 384 g/mol. The van der Waals surface area contributed by atoms with E-state index in [0.717, 1.165) is 31.3 Å². The number of hydrogen-bond donors (Lipinski definition) is 2. The lowest BCUT2D eigenvalue weighted by Gasteiger charge is -2.57. The van der Waals surface area contributed by atoms with Crippen LogP contribution in [0.25, 0.3) is 0 Å². The van der Waals surface area contributed by atoms with Gasteiger partial charge in [-0.3, -0.25) is 9.35 Å². The van der Waals surface area contributed by atoms with Crippen LogP contribution in [-0.2, 0) is 19.4 Å². The number of carbonyl (C=O) groups is 1. The van der Waals surface area contributed by atoms with E-state index >= 15 is 0 Å². The second-order valence-electron chi connectivity index (χ2n) is 9.00. The highest BCUT2D eigenvalue weighted by Gasteiger charge is 2.60. The van der Waals surface area contributed by atoms with Gasteiger partial charge in [-0.1, -0.05) is 18.6 Å². The van der Waals surface area contributed by atoms with Crippen molar-refractivity contribution >= 4 is 16.2 Å². The summed E-state index contributed by atoms with van der Waals surface area (Å²) in [5.41, 5.74) is 0.380. The number of rotatable bonds is 3. The van der Waals surface area contributed by atoms with Gasteiger partial charge in [-0.05, 0) is 62.7 Å². The SMILES string of the molecule is C[C@]12CC[C@@H]3[C@H](CC=C4C[C@H](O)CC[C@@]43COS(=O)(=O)O)[C@H]1CCC2=O. The van der Waals surface area contributed by atoms with Crippen molar-refractivity contribution in [3.8, 4) is 0 Å². The maximum absolute atomic E-state index is 12.5. The number of aliphatic hydroxyl groups excluding tert-OH is 1. The van der Waals surface area contributed by atoms with Crippen LogP contribution in [0.15, 0.2) is 11.6 Å². The fraction of sp³-hybridized carbons (Fsp3) is 0.842. The zero-order valence-corrected chi connectivity index (χ0v) is 16.0. The summed E-state index contributed by atoms with van der Waals surface area (Å²) < 4.78 is 36.6. The average Bonchev–Trinajstić information content (AvgIpc) is 2.88. The van der Waals surface area contributed by atoms with E-state index in [2.05, 4.69) is 13.0 Å². The molecule has 0 aliphatic heterocycles. The van der Waals surface area contributed by atoms with Crippen LogP contribution >= 0.6 is 0 Å². The maximum atomic E-state index is 12.5. The normalized spacial score (nSPS) is 45.5. The molecular weight excluding hydrogens is 356 g/mol. The second kappa shape index (κ2) is 6.12. The Morgan fingerprint density at radius 3 is 2.73 bits per heavy atom. The summed E-state index contributed by atoms with van der Waals surface area (Å²) in [6.07, 6.45) is 7.71. The number of allylic oxidation sites excluding steroid dienone is 1. The minimum absolute atomic E-state index is 0.0665. The van der Waals surface area contributed by atoms with Gasteiger partial charge in [0, 0.05) is 17.3 Å². The van der Waals surface area contributed by atoms with Gasteiger partial charge in [-0.25, -0.2) is 4.18 Å². The minimum Gasteiger partial charge on any atom is -0.393 e. The molecule has 26 heavy (non-hydrogen) atoms. The van der Waals surface area contributed by atoms with Gasteiger partial charge < -0.3 is 5.11 Å². The van der Waals surface area contributed by atoms with E-state index in [1.165, 1.54) is 0 Å². The standard InChI is InChI=1S/C19H28O6S/c1-18-8-7-16-14(15(18)4-5-17(18)21)3-2-12-10-13(20)6-9-19(12,16)11-25-26(22,23)24/h2,13-16,20H,3-11H2,1H3,(H,22,23,24)/t13-,14-,15-,16-,18+,19-/m1/s1. The Morgan fingerprint density at radius 1 is 1.23 bits per heavy atom. The van der Waals surface area contributed by atoms with Gasteiger partial charge in [-0.2, -0.15) is 8.42 Å². The third-order valence-corrected chi connectivity index (χ3v) is 8.39. The molecule has 0 amide bonds. The predicted octanol–water partition coefficient (Wildman–Crippen LogP) is 2.68. The first-order valence-corrected chi connectivity index (χ1v) is 11.0.